The topological polar surface area (TPSA) is 28.6 Å². The summed E-state index contributed by atoms with van der Waals surface area (Å²) in [6.45, 7) is 6.48. The summed E-state index contributed by atoms with van der Waals surface area (Å²) in [6, 6.07) is 17.7. The van der Waals surface area contributed by atoms with E-state index in [1.807, 2.05) is 12.3 Å². The van der Waals surface area contributed by atoms with E-state index < -0.39 is 0 Å². The maximum Gasteiger partial charge on any atom is 0.0703 e. The van der Waals surface area contributed by atoms with Gasteiger partial charge in [0.25, 0.3) is 0 Å². The molecular formula is C24H33N3O. The maximum atomic E-state index is 5.95. The van der Waals surface area contributed by atoms with Gasteiger partial charge in [-0.1, -0.05) is 36.4 Å². The van der Waals surface area contributed by atoms with E-state index in [1.165, 1.54) is 56.6 Å². The van der Waals surface area contributed by atoms with Gasteiger partial charge in [-0.25, -0.2) is 0 Å². The summed E-state index contributed by atoms with van der Waals surface area (Å²) in [5.41, 5.74) is 2.62. The Bertz CT molecular complexity index is 680. The van der Waals surface area contributed by atoms with Crippen molar-refractivity contribution < 1.29 is 4.74 Å². The van der Waals surface area contributed by atoms with Crippen molar-refractivity contribution >= 4 is 0 Å². The molecule has 0 bridgehead atoms. The lowest BCUT2D eigenvalue weighted by molar-refractivity contribution is 0.0341. The van der Waals surface area contributed by atoms with Crippen molar-refractivity contribution in [3.63, 3.8) is 0 Å². The summed E-state index contributed by atoms with van der Waals surface area (Å²) in [5, 5.41) is 0. The van der Waals surface area contributed by atoms with E-state index in [4.69, 9.17) is 4.74 Å². The predicted octanol–water partition coefficient (Wildman–Crippen LogP) is 3.77. The zero-order valence-corrected chi connectivity index (χ0v) is 16.9. The third-order valence-corrected chi connectivity index (χ3v) is 6.19. The maximum absolute atomic E-state index is 5.95. The van der Waals surface area contributed by atoms with Gasteiger partial charge in [0.1, 0.15) is 0 Å². The van der Waals surface area contributed by atoms with E-state index in [2.05, 4.69) is 57.2 Å². The number of benzene rings is 1. The van der Waals surface area contributed by atoms with Crippen LogP contribution in [0.15, 0.2) is 54.7 Å². The van der Waals surface area contributed by atoms with Crippen molar-refractivity contribution in [3.8, 4) is 0 Å². The molecule has 3 heterocycles. The third-order valence-electron chi connectivity index (χ3n) is 6.19. The van der Waals surface area contributed by atoms with Crippen molar-refractivity contribution in [2.24, 2.45) is 0 Å². The Hall–Kier alpha value is -1.75. The first-order valence-electron chi connectivity index (χ1n) is 10.9. The summed E-state index contributed by atoms with van der Waals surface area (Å²) in [6.07, 6.45) is 8.36. The minimum atomic E-state index is 0.403. The molecule has 28 heavy (non-hydrogen) atoms. The number of nitrogens with zero attached hydrogens (tertiary/aromatic N) is 3. The highest BCUT2D eigenvalue weighted by Crippen LogP contribution is 2.22. The molecule has 0 spiro atoms. The van der Waals surface area contributed by atoms with Gasteiger partial charge in [-0.3, -0.25) is 9.88 Å². The molecular weight excluding hydrogens is 346 g/mol. The summed E-state index contributed by atoms with van der Waals surface area (Å²) in [4.78, 5) is 9.85. The van der Waals surface area contributed by atoms with E-state index in [-0.39, 0.29) is 0 Å². The fourth-order valence-corrected chi connectivity index (χ4v) is 4.53. The van der Waals surface area contributed by atoms with Gasteiger partial charge in [0.05, 0.1) is 11.8 Å². The Morgan fingerprint density at radius 1 is 1.00 bits per heavy atom. The van der Waals surface area contributed by atoms with Crippen molar-refractivity contribution in [1.82, 2.24) is 14.8 Å². The van der Waals surface area contributed by atoms with Crippen molar-refractivity contribution in [1.29, 1.82) is 0 Å². The molecule has 0 aliphatic carbocycles. The van der Waals surface area contributed by atoms with E-state index in [9.17, 15) is 0 Å². The van der Waals surface area contributed by atoms with Gasteiger partial charge in [-0.05, 0) is 62.9 Å². The number of ether oxygens (including phenoxy) is 1. The lowest BCUT2D eigenvalue weighted by Crippen LogP contribution is -2.47. The molecule has 1 unspecified atom stereocenters. The minimum absolute atomic E-state index is 0.403. The second-order valence-electron chi connectivity index (χ2n) is 8.19. The molecule has 4 heteroatoms. The number of piperidine rings is 1. The van der Waals surface area contributed by atoms with Gasteiger partial charge in [-0.2, -0.15) is 0 Å². The summed E-state index contributed by atoms with van der Waals surface area (Å²) in [5.74, 6) is 0. The number of hydrogen-bond acceptors (Lipinski definition) is 4. The standard InChI is InChI=1S/C24H33N3O/c1-2-7-21(8-3-1)11-15-26-16-12-23(13-17-26)27(20-24-10-6-18-28-24)19-22-9-4-5-14-25-22/h1-5,7-9,14,23-24H,6,10-13,15-20H2. The number of rotatable bonds is 8. The van der Waals surface area contributed by atoms with E-state index in [1.54, 1.807) is 0 Å². The molecule has 0 radical (unpaired) electrons. The van der Waals surface area contributed by atoms with E-state index >= 15 is 0 Å². The molecule has 1 aromatic heterocycles. The molecule has 1 aromatic carbocycles. The molecule has 2 aromatic rings. The van der Waals surface area contributed by atoms with Crippen molar-refractivity contribution in [2.45, 2.75) is 50.8 Å². The number of likely N-dealkylation sites (tertiary alicyclic amines) is 1. The van der Waals surface area contributed by atoms with E-state index in [0.29, 0.717) is 12.1 Å². The first-order valence-corrected chi connectivity index (χ1v) is 10.9. The highest BCUT2D eigenvalue weighted by atomic mass is 16.5. The van der Waals surface area contributed by atoms with Crippen LogP contribution >= 0.6 is 0 Å². The molecule has 2 aliphatic rings. The quantitative estimate of drug-likeness (QED) is 0.698. The Morgan fingerprint density at radius 3 is 2.54 bits per heavy atom. The average Bonchev–Trinajstić information content (AvgIpc) is 3.27. The van der Waals surface area contributed by atoms with Gasteiger partial charge in [0, 0.05) is 38.5 Å². The van der Waals surface area contributed by atoms with Crippen molar-refractivity contribution in [2.75, 3.05) is 32.8 Å². The van der Waals surface area contributed by atoms with Crippen LogP contribution in [0.1, 0.15) is 36.9 Å². The molecule has 1 atom stereocenters. The smallest absolute Gasteiger partial charge is 0.0703 e. The van der Waals surface area contributed by atoms with Crippen LogP contribution in [0.3, 0.4) is 0 Å². The Kier molecular flexibility index (Phi) is 7.09. The first kappa shape index (κ1) is 19.6. The number of pyridine rings is 1. The Balaban J connectivity index is 1.30. The van der Waals surface area contributed by atoms with Gasteiger partial charge in [0.15, 0.2) is 0 Å². The largest absolute Gasteiger partial charge is 0.377 e. The highest BCUT2D eigenvalue weighted by molar-refractivity contribution is 5.14. The van der Waals surface area contributed by atoms with Crippen LogP contribution in [-0.2, 0) is 17.7 Å². The second kappa shape index (κ2) is 10.1. The summed E-state index contributed by atoms with van der Waals surface area (Å²) >= 11 is 0. The van der Waals surface area contributed by atoms with Crippen molar-refractivity contribution in [3.05, 3.63) is 66.0 Å². The van der Waals surface area contributed by atoms with Gasteiger partial charge in [-0.15, -0.1) is 0 Å². The molecule has 4 nitrogen and oxygen atoms in total. The average molecular weight is 380 g/mol. The second-order valence-corrected chi connectivity index (χ2v) is 8.19. The molecule has 0 amide bonds. The van der Waals surface area contributed by atoms with Crippen LogP contribution < -0.4 is 0 Å². The van der Waals surface area contributed by atoms with Crippen LogP contribution in [0.5, 0.6) is 0 Å². The van der Waals surface area contributed by atoms with Gasteiger partial charge >= 0.3 is 0 Å². The molecule has 4 rings (SSSR count). The van der Waals surface area contributed by atoms with Crippen LogP contribution in [-0.4, -0.2) is 59.7 Å². The first-order chi connectivity index (χ1) is 13.9. The molecule has 150 valence electrons. The van der Waals surface area contributed by atoms with Crippen LogP contribution in [0.4, 0.5) is 0 Å². The lowest BCUT2D eigenvalue weighted by Gasteiger charge is -2.39. The minimum Gasteiger partial charge on any atom is -0.377 e. The predicted molar refractivity (Wildman–Crippen MR) is 113 cm³/mol. The van der Waals surface area contributed by atoms with Crippen LogP contribution in [0, 0.1) is 0 Å². The SMILES string of the molecule is c1ccc(CCN2CCC(N(Cc3ccccn3)CC3CCCO3)CC2)cc1. The van der Waals surface area contributed by atoms with Gasteiger partial charge < -0.3 is 9.64 Å². The zero-order chi connectivity index (χ0) is 19.0. The normalized spacial score (nSPS) is 21.4. The lowest BCUT2D eigenvalue weighted by atomic mass is 10.0. The van der Waals surface area contributed by atoms with Gasteiger partial charge in [0.2, 0.25) is 0 Å². The molecule has 2 saturated heterocycles. The molecule has 2 fully saturated rings. The Morgan fingerprint density at radius 2 is 1.82 bits per heavy atom. The molecule has 0 saturated carbocycles. The highest BCUT2D eigenvalue weighted by Gasteiger charge is 2.28. The number of aromatic nitrogens is 1. The third kappa shape index (κ3) is 5.63. The fourth-order valence-electron chi connectivity index (χ4n) is 4.53. The number of hydrogen-bond donors (Lipinski definition) is 0. The molecule has 2 aliphatic heterocycles. The monoisotopic (exact) mass is 379 g/mol. The summed E-state index contributed by atoms with van der Waals surface area (Å²) < 4.78 is 5.95. The Labute approximate surface area is 169 Å². The van der Waals surface area contributed by atoms with E-state index in [0.717, 1.165) is 26.1 Å². The zero-order valence-electron chi connectivity index (χ0n) is 16.9. The van der Waals surface area contributed by atoms with Crippen LogP contribution in [0.25, 0.3) is 0 Å². The summed E-state index contributed by atoms with van der Waals surface area (Å²) in [7, 11) is 0. The fraction of sp³-hybridized carbons (Fsp3) is 0.542. The molecule has 0 N–H and O–H groups in total. The van der Waals surface area contributed by atoms with Crippen LogP contribution in [0.2, 0.25) is 0 Å².